The van der Waals surface area contributed by atoms with Crippen LogP contribution in [0, 0.1) is 5.82 Å². The van der Waals surface area contributed by atoms with Crippen molar-refractivity contribution in [3.8, 4) is 11.5 Å². The summed E-state index contributed by atoms with van der Waals surface area (Å²) in [6, 6.07) is 4.38. The second-order valence-corrected chi connectivity index (χ2v) is 7.19. The molecule has 3 aromatic rings. The first kappa shape index (κ1) is 24.4. The zero-order valence-electron chi connectivity index (χ0n) is 16.6. The molecule has 0 saturated heterocycles. The van der Waals surface area contributed by atoms with Crippen molar-refractivity contribution >= 4 is 28.6 Å². The van der Waals surface area contributed by atoms with Gasteiger partial charge in [-0.15, -0.1) is 5.10 Å². The van der Waals surface area contributed by atoms with Crippen LogP contribution >= 0.6 is 11.6 Å². The van der Waals surface area contributed by atoms with Gasteiger partial charge in [-0.1, -0.05) is 36.7 Å². The van der Waals surface area contributed by atoms with E-state index in [9.17, 15) is 27.5 Å². The van der Waals surface area contributed by atoms with Gasteiger partial charge in [-0.3, -0.25) is 0 Å². The molecular weight excluding hydrogens is 444 g/mol. The van der Waals surface area contributed by atoms with E-state index in [1.807, 2.05) is 13.8 Å². The lowest BCUT2D eigenvalue weighted by Crippen LogP contribution is -2.17. The first-order valence-electron chi connectivity index (χ1n) is 8.89. The lowest BCUT2D eigenvalue weighted by molar-refractivity contribution is -0.140. The molecule has 0 radical (unpaired) electrons. The lowest BCUT2D eigenvalue weighted by Gasteiger charge is -2.14. The second-order valence-electron chi connectivity index (χ2n) is 6.78. The number of nitrogens with zero attached hydrogens (tertiary/aromatic N) is 3. The summed E-state index contributed by atoms with van der Waals surface area (Å²) >= 11 is 5.77. The fourth-order valence-electron chi connectivity index (χ4n) is 2.35. The van der Waals surface area contributed by atoms with E-state index >= 15 is 0 Å². The van der Waals surface area contributed by atoms with E-state index in [4.69, 9.17) is 22.1 Å². The minimum Gasteiger partial charge on any atom is -0.480 e. The third-order valence-corrected chi connectivity index (χ3v) is 4.00. The van der Waals surface area contributed by atoms with Crippen molar-refractivity contribution in [2.75, 3.05) is 0 Å². The van der Waals surface area contributed by atoms with Crippen LogP contribution in [0.5, 0.6) is 11.5 Å². The van der Waals surface area contributed by atoms with Crippen molar-refractivity contribution in [3.63, 3.8) is 0 Å². The molecule has 0 fully saturated rings. The predicted molar refractivity (Wildman–Crippen MR) is 106 cm³/mol. The van der Waals surface area contributed by atoms with Crippen molar-refractivity contribution in [1.29, 1.82) is 0 Å². The molecule has 31 heavy (non-hydrogen) atoms. The van der Waals surface area contributed by atoms with Crippen LogP contribution in [0.1, 0.15) is 32.4 Å². The number of alkyl halides is 3. The van der Waals surface area contributed by atoms with Gasteiger partial charge in [-0.05, 0) is 37.2 Å². The van der Waals surface area contributed by atoms with Gasteiger partial charge in [0, 0.05) is 0 Å². The van der Waals surface area contributed by atoms with Crippen LogP contribution in [0.4, 0.5) is 17.6 Å². The molecular formula is C19H19ClF4N4O3. The summed E-state index contributed by atoms with van der Waals surface area (Å²) in [7, 11) is 0. The maximum Gasteiger partial charge on any atom is 0.416 e. The Morgan fingerprint density at radius 1 is 1.26 bits per heavy atom. The first-order valence-corrected chi connectivity index (χ1v) is 9.27. The Balaban J connectivity index is 0.000000785. The minimum absolute atomic E-state index is 0.0637. The van der Waals surface area contributed by atoms with Crippen molar-refractivity contribution in [1.82, 2.24) is 15.0 Å². The Labute approximate surface area is 179 Å². The Morgan fingerprint density at radius 3 is 2.39 bits per heavy atom. The van der Waals surface area contributed by atoms with Gasteiger partial charge in [0.1, 0.15) is 17.1 Å². The number of fused-ring (bicyclic) bond motifs is 1. The number of rotatable bonds is 4. The molecule has 1 unspecified atom stereocenters. The van der Waals surface area contributed by atoms with E-state index in [-0.39, 0.29) is 22.8 Å². The highest BCUT2D eigenvalue weighted by Gasteiger charge is 2.33. The number of hydrogen-bond acceptors (Lipinski definition) is 5. The molecule has 12 heteroatoms. The zero-order chi connectivity index (χ0) is 23.5. The fraction of sp³-hybridized carbons (Fsp3) is 0.316. The van der Waals surface area contributed by atoms with Crippen molar-refractivity contribution in [3.05, 3.63) is 46.7 Å². The van der Waals surface area contributed by atoms with Crippen LogP contribution in [0.15, 0.2) is 30.3 Å². The lowest BCUT2D eigenvalue weighted by atomic mass is 10.2. The SMILES string of the molecule is CC(C(=O)O)n1nnc2cccc(Oc3c(F)cc(C(F)(F)F)cc3Cl)c21.CC(C)N. The smallest absolute Gasteiger partial charge is 0.416 e. The monoisotopic (exact) mass is 462 g/mol. The molecule has 1 heterocycles. The molecule has 1 atom stereocenters. The van der Waals surface area contributed by atoms with E-state index in [0.717, 1.165) is 4.68 Å². The maximum absolute atomic E-state index is 14.2. The number of ether oxygens (including phenoxy) is 1. The molecule has 0 saturated carbocycles. The number of para-hydroxylation sites is 1. The number of carboxylic acid groups (broad SMARTS) is 1. The molecule has 0 amide bonds. The van der Waals surface area contributed by atoms with Crippen LogP contribution in [-0.2, 0) is 11.0 Å². The summed E-state index contributed by atoms with van der Waals surface area (Å²) < 4.78 is 58.9. The number of aliphatic carboxylic acids is 1. The van der Waals surface area contributed by atoms with Gasteiger partial charge in [0.2, 0.25) is 0 Å². The standard InChI is InChI=1S/C16H10ClF4N3O3.C3H9N/c1-7(15(25)26)24-13-11(22-23-24)3-2-4-12(13)27-14-9(17)5-8(6-10(14)18)16(19,20)21;1-3(2)4/h2-7H,1H3,(H,25,26);3H,4H2,1-2H3. The molecule has 0 aliphatic carbocycles. The van der Waals surface area contributed by atoms with Gasteiger partial charge in [0.15, 0.2) is 17.3 Å². The Kier molecular flexibility index (Phi) is 7.45. The number of aromatic nitrogens is 3. The molecule has 0 aliphatic rings. The van der Waals surface area contributed by atoms with E-state index in [2.05, 4.69) is 10.3 Å². The first-order chi connectivity index (χ1) is 14.3. The van der Waals surface area contributed by atoms with Crippen molar-refractivity contribution < 1.29 is 32.2 Å². The van der Waals surface area contributed by atoms with Crippen LogP contribution in [0.2, 0.25) is 5.02 Å². The Hall–Kier alpha value is -2.92. The van der Waals surface area contributed by atoms with Crippen LogP contribution in [0.25, 0.3) is 11.0 Å². The Morgan fingerprint density at radius 2 is 1.87 bits per heavy atom. The van der Waals surface area contributed by atoms with Gasteiger partial charge in [-0.2, -0.15) is 13.2 Å². The molecule has 3 N–H and O–H groups in total. The van der Waals surface area contributed by atoms with Gasteiger partial charge >= 0.3 is 12.1 Å². The summed E-state index contributed by atoms with van der Waals surface area (Å²) in [6.45, 7) is 5.24. The van der Waals surface area contributed by atoms with E-state index in [1.165, 1.54) is 25.1 Å². The van der Waals surface area contributed by atoms with Gasteiger partial charge in [0.25, 0.3) is 0 Å². The second kappa shape index (κ2) is 9.48. The number of halogens is 5. The topological polar surface area (TPSA) is 103 Å². The maximum atomic E-state index is 14.2. The van der Waals surface area contributed by atoms with Crippen molar-refractivity contribution in [2.24, 2.45) is 5.73 Å². The molecule has 0 spiro atoms. The highest BCUT2D eigenvalue weighted by Crippen LogP contribution is 2.40. The largest absolute Gasteiger partial charge is 0.480 e. The zero-order valence-corrected chi connectivity index (χ0v) is 17.4. The normalized spacial score (nSPS) is 12.5. The number of carbonyl (C=O) groups is 1. The highest BCUT2D eigenvalue weighted by atomic mass is 35.5. The van der Waals surface area contributed by atoms with Gasteiger partial charge in [0.05, 0.1) is 10.6 Å². The Bertz CT molecular complexity index is 1060. The molecule has 168 valence electrons. The molecule has 1 aromatic heterocycles. The van der Waals surface area contributed by atoms with E-state index < -0.39 is 40.3 Å². The van der Waals surface area contributed by atoms with Gasteiger partial charge < -0.3 is 15.6 Å². The third kappa shape index (κ3) is 5.82. The summed E-state index contributed by atoms with van der Waals surface area (Å²) in [4.78, 5) is 11.2. The summed E-state index contributed by atoms with van der Waals surface area (Å²) in [5.74, 6) is -3.22. The molecule has 0 aliphatic heterocycles. The number of nitrogens with two attached hydrogens (primary N) is 1. The quantitative estimate of drug-likeness (QED) is 0.527. The molecule has 2 aromatic carbocycles. The van der Waals surface area contributed by atoms with E-state index in [1.54, 1.807) is 0 Å². The van der Waals surface area contributed by atoms with Crippen molar-refractivity contribution in [2.45, 2.75) is 39.0 Å². The summed E-state index contributed by atoms with van der Waals surface area (Å²) in [5.41, 5.74) is 4.23. The summed E-state index contributed by atoms with van der Waals surface area (Å²) in [6.07, 6.45) is -4.78. The fourth-order valence-corrected chi connectivity index (χ4v) is 2.60. The molecule has 7 nitrogen and oxygen atoms in total. The van der Waals surface area contributed by atoms with Crippen LogP contribution < -0.4 is 10.5 Å². The van der Waals surface area contributed by atoms with E-state index in [0.29, 0.717) is 12.1 Å². The number of carboxylic acids is 1. The minimum atomic E-state index is -4.78. The average molecular weight is 463 g/mol. The predicted octanol–water partition coefficient (Wildman–Crippen LogP) is 5.03. The number of hydrogen-bond donors (Lipinski definition) is 2. The number of benzene rings is 2. The third-order valence-electron chi connectivity index (χ3n) is 3.72. The summed E-state index contributed by atoms with van der Waals surface area (Å²) in [5, 5.41) is 16.1. The average Bonchev–Trinajstić information content (AvgIpc) is 3.07. The molecule has 3 rings (SSSR count). The van der Waals surface area contributed by atoms with Crippen LogP contribution in [-0.4, -0.2) is 32.1 Å². The molecule has 0 bridgehead atoms. The van der Waals surface area contributed by atoms with Gasteiger partial charge in [-0.25, -0.2) is 13.9 Å². The van der Waals surface area contributed by atoms with Crippen LogP contribution in [0.3, 0.4) is 0 Å². The highest BCUT2D eigenvalue weighted by molar-refractivity contribution is 6.32.